The number of hydrogen-bond acceptors (Lipinski definition) is 6. The molecule has 0 saturated carbocycles. The van der Waals surface area contributed by atoms with Crippen LogP contribution in [0.2, 0.25) is 0 Å². The lowest BCUT2D eigenvalue weighted by Gasteiger charge is -2.14. The Hall–Kier alpha value is -2.90. The number of carbonyl (C=O) groups excluding carboxylic acids is 1. The lowest BCUT2D eigenvalue weighted by atomic mass is 10.2. The van der Waals surface area contributed by atoms with Gasteiger partial charge in [-0.3, -0.25) is 9.69 Å². The minimum Gasteiger partial charge on any atom is -0.508 e. The number of fused-ring (bicyclic) bond motifs is 1. The Morgan fingerprint density at radius 3 is 2.78 bits per heavy atom. The van der Waals surface area contributed by atoms with Crippen molar-refractivity contribution in [2.75, 3.05) is 12.0 Å². The smallest absolute Gasteiger partial charge is 0.270 e. The number of pyridine rings is 1. The van der Waals surface area contributed by atoms with Crippen LogP contribution in [0.15, 0.2) is 59.5 Å². The maximum atomic E-state index is 12.8. The number of para-hydroxylation sites is 1. The highest BCUT2D eigenvalue weighted by atomic mass is 32.2. The molecule has 1 saturated heterocycles. The molecule has 1 amide bonds. The van der Waals surface area contributed by atoms with Gasteiger partial charge in [-0.05, 0) is 30.3 Å². The predicted molar refractivity (Wildman–Crippen MR) is 112 cm³/mol. The largest absolute Gasteiger partial charge is 0.508 e. The molecule has 2 aromatic carbocycles. The van der Waals surface area contributed by atoms with Crippen LogP contribution >= 0.6 is 24.0 Å². The summed E-state index contributed by atoms with van der Waals surface area (Å²) in [6.45, 7) is 0. The highest BCUT2D eigenvalue weighted by Crippen LogP contribution is 2.37. The van der Waals surface area contributed by atoms with Crippen molar-refractivity contribution < 1.29 is 14.6 Å². The molecule has 5 nitrogen and oxygen atoms in total. The number of nitrogens with zero attached hydrogens (tertiary/aromatic N) is 2. The Morgan fingerprint density at radius 2 is 2.00 bits per heavy atom. The van der Waals surface area contributed by atoms with Crippen molar-refractivity contribution in [3.8, 4) is 11.5 Å². The Bertz CT molecular complexity index is 1110. The zero-order valence-corrected chi connectivity index (χ0v) is 15.9. The Kier molecular flexibility index (Phi) is 4.55. The van der Waals surface area contributed by atoms with Gasteiger partial charge in [0, 0.05) is 11.5 Å². The lowest BCUT2D eigenvalue weighted by Crippen LogP contribution is -2.27. The number of hydrogen-bond donors (Lipinski definition) is 1. The summed E-state index contributed by atoms with van der Waals surface area (Å²) in [6, 6.07) is 15.9. The van der Waals surface area contributed by atoms with Gasteiger partial charge in [0.2, 0.25) is 0 Å². The molecule has 0 atom stereocenters. The number of benzene rings is 2. The SMILES string of the molecule is COc1cccc2ccc(C=C3SC(=S)N(c4cccc(O)c4)C3=O)nc12. The number of phenols is 1. The maximum Gasteiger partial charge on any atom is 0.270 e. The van der Waals surface area contributed by atoms with E-state index in [0.29, 0.717) is 26.4 Å². The van der Waals surface area contributed by atoms with Crippen LogP contribution in [0.3, 0.4) is 0 Å². The fourth-order valence-electron chi connectivity index (χ4n) is 2.84. The van der Waals surface area contributed by atoms with Gasteiger partial charge in [0.15, 0.2) is 4.32 Å². The van der Waals surface area contributed by atoms with Crippen LogP contribution < -0.4 is 9.64 Å². The molecular weight excluding hydrogens is 380 g/mol. The van der Waals surface area contributed by atoms with E-state index in [4.69, 9.17) is 17.0 Å². The van der Waals surface area contributed by atoms with Crippen LogP contribution in [0.25, 0.3) is 17.0 Å². The van der Waals surface area contributed by atoms with Crippen LogP contribution in [0.4, 0.5) is 5.69 Å². The number of rotatable bonds is 3. The van der Waals surface area contributed by atoms with Gasteiger partial charge in [0.1, 0.15) is 17.0 Å². The predicted octanol–water partition coefficient (Wildman–Crippen LogP) is 4.35. The minimum absolute atomic E-state index is 0.0776. The summed E-state index contributed by atoms with van der Waals surface area (Å²) >= 11 is 6.57. The van der Waals surface area contributed by atoms with Crippen LogP contribution in [-0.2, 0) is 4.79 Å². The van der Waals surface area contributed by atoms with Gasteiger partial charge in [-0.15, -0.1) is 0 Å². The molecule has 27 heavy (non-hydrogen) atoms. The number of methoxy groups -OCH3 is 1. The van der Waals surface area contributed by atoms with Crippen molar-refractivity contribution in [3.05, 3.63) is 65.2 Å². The molecule has 3 aromatic rings. The first kappa shape index (κ1) is 17.5. The van der Waals surface area contributed by atoms with Crippen LogP contribution in [0.5, 0.6) is 11.5 Å². The number of anilines is 1. The molecule has 1 aliphatic heterocycles. The van der Waals surface area contributed by atoms with Crippen molar-refractivity contribution in [1.29, 1.82) is 0 Å². The third-order valence-corrected chi connectivity index (χ3v) is 5.39. The zero-order valence-electron chi connectivity index (χ0n) is 14.2. The molecule has 1 fully saturated rings. The number of aromatic hydroxyl groups is 1. The molecule has 7 heteroatoms. The summed E-state index contributed by atoms with van der Waals surface area (Å²) in [5.41, 5.74) is 1.91. The average Bonchev–Trinajstić information content (AvgIpc) is 2.94. The molecule has 1 N–H and O–H groups in total. The van der Waals surface area contributed by atoms with Crippen molar-refractivity contribution in [2.24, 2.45) is 0 Å². The molecule has 0 radical (unpaired) electrons. The van der Waals surface area contributed by atoms with Gasteiger partial charge < -0.3 is 9.84 Å². The molecule has 0 bridgehead atoms. The Labute approximate surface area is 165 Å². The van der Waals surface area contributed by atoms with Gasteiger partial charge in [-0.2, -0.15) is 0 Å². The summed E-state index contributed by atoms with van der Waals surface area (Å²) in [6.07, 6.45) is 1.72. The second kappa shape index (κ2) is 7.02. The van der Waals surface area contributed by atoms with E-state index in [1.807, 2.05) is 30.3 Å². The quantitative estimate of drug-likeness (QED) is 0.526. The highest BCUT2D eigenvalue weighted by molar-refractivity contribution is 8.27. The molecule has 0 unspecified atom stereocenters. The number of thiocarbonyl (C=S) groups is 1. The molecule has 0 aliphatic carbocycles. The topological polar surface area (TPSA) is 62.7 Å². The standard InChI is InChI=1S/C20H14N2O3S2/c1-25-16-7-2-4-12-8-9-13(21-18(12)16)10-17-19(24)22(20(26)27-17)14-5-3-6-15(23)11-14/h2-11,23H,1H3. The van der Waals surface area contributed by atoms with E-state index >= 15 is 0 Å². The monoisotopic (exact) mass is 394 g/mol. The van der Waals surface area contributed by atoms with E-state index in [0.717, 1.165) is 10.9 Å². The van der Waals surface area contributed by atoms with E-state index in [9.17, 15) is 9.90 Å². The minimum atomic E-state index is -0.238. The molecule has 0 spiro atoms. The second-order valence-corrected chi connectivity index (χ2v) is 7.48. The van der Waals surface area contributed by atoms with Crippen LogP contribution in [0, 0.1) is 0 Å². The molecule has 2 heterocycles. The Morgan fingerprint density at radius 1 is 1.19 bits per heavy atom. The van der Waals surface area contributed by atoms with E-state index in [1.54, 1.807) is 31.4 Å². The molecular formula is C20H14N2O3S2. The van der Waals surface area contributed by atoms with E-state index in [-0.39, 0.29) is 11.7 Å². The first-order chi connectivity index (χ1) is 13.1. The third kappa shape index (κ3) is 3.27. The molecule has 1 aliphatic rings. The lowest BCUT2D eigenvalue weighted by molar-refractivity contribution is -0.113. The highest BCUT2D eigenvalue weighted by Gasteiger charge is 2.33. The fourth-order valence-corrected chi connectivity index (χ4v) is 4.12. The number of aromatic nitrogens is 1. The number of thioether (sulfide) groups is 1. The number of carbonyl (C=O) groups is 1. The van der Waals surface area contributed by atoms with Crippen molar-refractivity contribution in [1.82, 2.24) is 4.98 Å². The van der Waals surface area contributed by atoms with Gasteiger partial charge in [0.25, 0.3) is 5.91 Å². The summed E-state index contributed by atoms with van der Waals surface area (Å²) < 4.78 is 5.78. The van der Waals surface area contributed by atoms with Crippen molar-refractivity contribution >= 4 is 56.9 Å². The fraction of sp³-hybridized carbons (Fsp3) is 0.0500. The molecule has 134 valence electrons. The third-order valence-electron chi connectivity index (χ3n) is 4.09. The van der Waals surface area contributed by atoms with Gasteiger partial charge in [-0.25, -0.2) is 4.98 Å². The summed E-state index contributed by atoms with van der Waals surface area (Å²) in [5.74, 6) is 0.515. The molecule has 4 rings (SSSR count). The zero-order chi connectivity index (χ0) is 19.0. The number of amides is 1. The van der Waals surface area contributed by atoms with E-state index in [1.165, 1.54) is 22.7 Å². The summed E-state index contributed by atoms with van der Waals surface area (Å²) in [5, 5.41) is 10.6. The van der Waals surface area contributed by atoms with Gasteiger partial charge in [0.05, 0.1) is 23.4 Å². The number of phenolic OH excluding ortho intramolecular Hbond substituents is 1. The first-order valence-electron chi connectivity index (χ1n) is 8.07. The van der Waals surface area contributed by atoms with Crippen molar-refractivity contribution in [3.63, 3.8) is 0 Å². The van der Waals surface area contributed by atoms with Crippen LogP contribution in [-0.4, -0.2) is 27.4 Å². The average molecular weight is 394 g/mol. The van der Waals surface area contributed by atoms with Crippen molar-refractivity contribution in [2.45, 2.75) is 0 Å². The van der Waals surface area contributed by atoms with Gasteiger partial charge >= 0.3 is 0 Å². The molecule has 1 aromatic heterocycles. The van der Waals surface area contributed by atoms with Crippen LogP contribution in [0.1, 0.15) is 5.69 Å². The maximum absolute atomic E-state index is 12.8. The second-order valence-electron chi connectivity index (χ2n) is 5.81. The summed E-state index contributed by atoms with van der Waals surface area (Å²) in [7, 11) is 1.60. The van der Waals surface area contributed by atoms with E-state index in [2.05, 4.69) is 4.98 Å². The van der Waals surface area contributed by atoms with E-state index < -0.39 is 0 Å². The Balaban J connectivity index is 1.71. The first-order valence-corrected chi connectivity index (χ1v) is 9.30. The normalized spacial score (nSPS) is 15.7. The van der Waals surface area contributed by atoms with Gasteiger partial charge in [-0.1, -0.05) is 48.2 Å². The summed E-state index contributed by atoms with van der Waals surface area (Å²) in [4.78, 5) is 19.3. The number of ether oxygens (including phenoxy) is 1.